The quantitative estimate of drug-likeness (QED) is 0.468. The first-order valence-electron chi connectivity index (χ1n) is 8.19. The van der Waals surface area contributed by atoms with Gasteiger partial charge in [-0.05, 0) is 67.8 Å². The van der Waals surface area contributed by atoms with Gasteiger partial charge in [0.1, 0.15) is 5.75 Å². The van der Waals surface area contributed by atoms with Gasteiger partial charge in [0, 0.05) is 12.1 Å². The monoisotopic (exact) mass is 373 g/mol. The number of fused-ring (bicyclic) bond motifs is 1. The van der Waals surface area contributed by atoms with E-state index in [0.29, 0.717) is 42.0 Å². The number of Topliss-reactive ketones (excluding diaryl/α,β-unsaturated/α-hetero) is 1. The van der Waals surface area contributed by atoms with Crippen molar-refractivity contribution < 1.29 is 22.7 Å². The fourth-order valence-electron chi connectivity index (χ4n) is 2.96. The van der Waals surface area contributed by atoms with Crippen LogP contribution in [0.4, 0.5) is 5.69 Å². The van der Waals surface area contributed by atoms with Gasteiger partial charge in [0.15, 0.2) is 5.78 Å². The first-order chi connectivity index (χ1) is 12.3. The average molecular weight is 373 g/mol. The number of ether oxygens (including phenoxy) is 1. The van der Waals surface area contributed by atoms with Gasteiger partial charge in [-0.25, -0.2) is 13.2 Å². The Morgan fingerprint density at radius 1 is 1.04 bits per heavy atom. The van der Waals surface area contributed by atoms with Crippen molar-refractivity contribution in [3.8, 4) is 5.75 Å². The highest BCUT2D eigenvalue weighted by Gasteiger charge is 2.25. The van der Waals surface area contributed by atoms with E-state index >= 15 is 0 Å². The minimum Gasteiger partial charge on any atom is -0.423 e. The fraction of sp³-hybridized carbons (Fsp3) is 0.263. The van der Waals surface area contributed by atoms with Gasteiger partial charge in [-0.1, -0.05) is 0 Å². The number of ketones is 1. The number of esters is 1. The molecule has 1 aliphatic rings. The molecule has 0 amide bonds. The minimum atomic E-state index is -3.34. The first kappa shape index (κ1) is 18.1. The van der Waals surface area contributed by atoms with Crippen molar-refractivity contribution in [2.45, 2.75) is 19.8 Å². The van der Waals surface area contributed by atoms with E-state index in [2.05, 4.69) is 0 Å². The van der Waals surface area contributed by atoms with Gasteiger partial charge in [-0.3, -0.25) is 9.10 Å². The van der Waals surface area contributed by atoms with Crippen molar-refractivity contribution in [3.63, 3.8) is 0 Å². The number of nitrogens with zero attached hydrogens (tertiary/aromatic N) is 1. The van der Waals surface area contributed by atoms with E-state index in [-0.39, 0.29) is 5.78 Å². The van der Waals surface area contributed by atoms with Gasteiger partial charge in [0.05, 0.1) is 17.5 Å². The van der Waals surface area contributed by atoms with Gasteiger partial charge < -0.3 is 4.74 Å². The van der Waals surface area contributed by atoms with E-state index in [1.165, 1.54) is 17.5 Å². The Balaban J connectivity index is 1.82. The van der Waals surface area contributed by atoms with Crippen molar-refractivity contribution in [2.75, 3.05) is 17.1 Å². The number of sulfonamides is 1. The maximum Gasteiger partial charge on any atom is 0.343 e. The minimum absolute atomic E-state index is 0.0620. The lowest BCUT2D eigenvalue weighted by molar-refractivity contribution is 0.0734. The lowest BCUT2D eigenvalue weighted by Gasteiger charge is -2.29. The zero-order valence-corrected chi connectivity index (χ0v) is 15.4. The molecule has 136 valence electrons. The first-order valence-corrected chi connectivity index (χ1v) is 10.0. The zero-order valence-electron chi connectivity index (χ0n) is 14.6. The summed E-state index contributed by atoms with van der Waals surface area (Å²) in [6.45, 7) is 1.91. The summed E-state index contributed by atoms with van der Waals surface area (Å²) >= 11 is 0. The Hall–Kier alpha value is -2.67. The summed E-state index contributed by atoms with van der Waals surface area (Å²) in [5.74, 6) is -0.247. The number of hydrogen-bond donors (Lipinski definition) is 0. The largest absolute Gasteiger partial charge is 0.423 e. The summed E-state index contributed by atoms with van der Waals surface area (Å²) in [5, 5.41) is 0. The standard InChI is InChI=1S/C19H19NO5S/c1-13(21)14-5-8-17(9-6-14)25-19(22)16-7-10-18-15(12-16)4-3-11-20(18)26(2,23)24/h5-10,12H,3-4,11H2,1-2H3. The highest BCUT2D eigenvalue weighted by molar-refractivity contribution is 7.92. The molecule has 0 radical (unpaired) electrons. The molecular formula is C19H19NO5S. The second-order valence-electron chi connectivity index (χ2n) is 6.25. The summed E-state index contributed by atoms with van der Waals surface area (Å²) in [7, 11) is -3.34. The van der Waals surface area contributed by atoms with Crippen LogP contribution in [-0.4, -0.2) is 33.0 Å². The van der Waals surface area contributed by atoms with Crippen molar-refractivity contribution >= 4 is 27.5 Å². The molecule has 0 aliphatic carbocycles. The van der Waals surface area contributed by atoms with Crippen LogP contribution in [-0.2, 0) is 16.4 Å². The van der Waals surface area contributed by atoms with Crippen molar-refractivity contribution in [2.24, 2.45) is 0 Å². The Kier molecular flexibility index (Phi) is 4.82. The molecule has 6 nitrogen and oxygen atoms in total. The molecular weight excluding hydrogens is 354 g/mol. The van der Waals surface area contributed by atoms with E-state index < -0.39 is 16.0 Å². The molecule has 0 aromatic heterocycles. The summed E-state index contributed by atoms with van der Waals surface area (Å²) in [5.41, 5.74) is 2.32. The molecule has 1 heterocycles. The van der Waals surface area contributed by atoms with E-state index in [4.69, 9.17) is 4.74 Å². The van der Waals surface area contributed by atoms with E-state index in [1.807, 2.05) is 0 Å². The third-order valence-electron chi connectivity index (χ3n) is 4.26. The highest BCUT2D eigenvalue weighted by Crippen LogP contribution is 2.30. The number of carbonyl (C=O) groups is 2. The fourth-order valence-corrected chi connectivity index (χ4v) is 3.95. The molecule has 0 fully saturated rings. The number of anilines is 1. The smallest absolute Gasteiger partial charge is 0.343 e. The van der Waals surface area contributed by atoms with Crippen LogP contribution in [0.1, 0.15) is 39.6 Å². The van der Waals surface area contributed by atoms with Crippen LogP contribution in [0, 0.1) is 0 Å². The van der Waals surface area contributed by atoms with Crippen LogP contribution >= 0.6 is 0 Å². The molecule has 0 saturated carbocycles. The summed E-state index contributed by atoms with van der Waals surface area (Å²) in [6.07, 6.45) is 2.58. The third-order valence-corrected chi connectivity index (χ3v) is 5.44. The molecule has 7 heteroatoms. The molecule has 0 saturated heterocycles. The molecule has 2 aromatic rings. The maximum absolute atomic E-state index is 12.4. The predicted molar refractivity (Wildman–Crippen MR) is 98.4 cm³/mol. The van der Waals surface area contributed by atoms with Crippen molar-refractivity contribution in [3.05, 3.63) is 59.2 Å². The van der Waals surface area contributed by atoms with Crippen LogP contribution in [0.5, 0.6) is 5.75 Å². The number of aryl methyl sites for hydroxylation is 1. The summed E-state index contributed by atoms with van der Waals surface area (Å²) < 4.78 is 30.5. The molecule has 3 rings (SSSR count). The molecule has 1 aliphatic heterocycles. The van der Waals surface area contributed by atoms with Gasteiger partial charge in [0.25, 0.3) is 0 Å². The van der Waals surface area contributed by atoms with E-state index in [9.17, 15) is 18.0 Å². The molecule has 0 unspecified atom stereocenters. The summed E-state index contributed by atoms with van der Waals surface area (Å²) in [6, 6.07) is 11.2. The Labute approximate surface area is 152 Å². The zero-order chi connectivity index (χ0) is 18.9. The van der Waals surface area contributed by atoms with Crippen molar-refractivity contribution in [1.82, 2.24) is 0 Å². The van der Waals surface area contributed by atoms with Gasteiger partial charge in [0.2, 0.25) is 10.0 Å². The van der Waals surface area contributed by atoms with E-state index in [0.717, 1.165) is 5.56 Å². The molecule has 0 atom stereocenters. The van der Waals surface area contributed by atoms with E-state index in [1.54, 1.807) is 42.5 Å². The number of hydrogen-bond acceptors (Lipinski definition) is 5. The Bertz CT molecular complexity index is 964. The van der Waals surface area contributed by atoms with Gasteiger partial charge in [-0.15, -0.1) is 0 Å². The molecule has 2 aromatic carbocycles. The maximum atomic E-state index is 12.4. The Morgan fingerprint density at radius 2 is 1.69 bits per heavy atom. The normalized spacial score (nSPS) is 13.8. The topological polar surface area (TPSA) is 80.8 Å². The number of benzene rings is 2. The predicted octanol–water partition coefficient (Wildman–Crippen LogP) is 2.82. The highest BCUT2D eigenvalue weighted by atomic mass is 32.2. The van der Waals surface area contributed by atoms with Crippen LogP contribution in [0.3, 0.4) is 0 Å². The summed E-state index contributed by atoms with van der Waals surface area (Å²) in [4.78, 5) is 23.7. The molecule has 26 heavy (non-hydrogen) atoms. The average Bonchev–Trinajstić information content (AvgIpc) is 2.60. The molecule has 0 spiro atoms. The molecule has 0 N–H and O–H groups in total. The lowest BCUT2D eigenvalue weighted by Crippen LogP contribution is -2.34. The van der Waals surface area contributed by atoms with Gasteiger partial charge in [-0.2, -0.15) is 0 Å². The van der Waals surface area contributed by atoms with Crippen LogP contribution in [0.15, 0.2) is 42.5 Å². The lowest BCUT2D eigenvalue weighted by atomic mass is 10.0. The van der Waals surface area contributed by atoms with Crippen LogP contribution < -0.4 is 9.04 Å². The van der Waals surface area contributed by atoms with Crippen LogP contribution in [0.2, 0.25) is 0 Å². The van der Waals surface area contributed by atoms with Gasteiger partial charge >= 0.3 is 5.97 Å². The Morgan fingerprint density at radius 3 is 2.31 bits per heavy atom. The second kappa shape index (κ2) is 6.92. The number of carbonyl (C=O) groups excluding carboxylic acids is 2. The van der Waals surface area contributed by atoms with Crippen LogP contribution in [0.25, 0.3) is 0 Å². The van der Waals surface area contributed by atoms with Crippen molar-refractivity contribution in [1.29, 1.82) is 0 Å². The SMILES string of the molecule is CC(=O)c1ccc(OC(=O)c2ccc3c(c2)CCCN3S(C)(=O)=O)cc1. The number of rotatable bonds is 4. The third kappa shape index (κ3) is 3.77. The second-order valence-corrected chi connectivity index (χ2v) is 8.16. The molecule has 0 bridgehead atoms.